The van der Waals surface area contributed by atoms with Crippen molar-refractivity contribution in [1.29, 1.82) is 0 Å². The van der Waals surface area contributed by atoms with E-state index < -0.39 is 19.8 Å². The normalized spacial score (nSPS) is 29.7. The number of carboxylic acids is 1. The van der Waals surface area contributed by atoms with E-state index in [-0.39, 0.29) is 17.2 Å². The quantitative estimate of drug-likeness (QED) is 0.581. The molecule has 2 unspecified atom stereocenters. The Morgan fingerprint density at radius 1 is 1.39 bits per heavy atom. The highest BCUT2D eigenvalue weighted by molar-refractivity contribution is 6.68. The zero-order valence-corrected chi connectivity index (χ0v) is 13.5. The third kappa shape index (κ3) is 2.86. The van der Waals surface area contributed by atoms with Crippen LogP contribution in [0.25, 0.3) is 0 Å². The summed E-state index contributed by atoms with van der Waals surface area (Å²) < 4.78 is 5.86. The van der Waals surface area contributed by atoms with E-state index in [4.69, 9.17) is 4.74 Å². The van der Waals surface area contributed by atoms with Gasteiger partial charge in [-0.2, -0.15) is 0 Å². The Balaban J connectivity index is 3.11. The molecule has 104 valence electrons. The minimum atomic E-state index is -1.62. The Hall–Kier alpha value is -0.613. The summed E-state index contributed by atoms with van der Waals surface area (Å²) in [5.41, 5.74) is 0. The molecule has 0 aromatic heterocycles. The van der Waals surface area contributed by atoms with Crippen molar-refractivity contribution >= 4 is 14.8 Å². The second kappa shape index (κ2) is 5.17. The van der Waals surface area contributed by atoms with Crippen LogP contribution in [-0.4, -0.2) is 27.0 Å². The molecule has 4 atom stereocenters. The molecule has 0 aliphatic carbocycles. The molecule has 0 spiro atoms. The van der Waals surface area contributed by atoms with Gasteiger partial charge in [0.15, 0.2) is 0 Å². The average Bonchev–Trinajstić information content (AvgIpc) is 2.25. The van der Waals surface area contributed by atoms with Gasteiger partial charge in [0.05, 0.1) is 21.0 Å². The van der Waals surface area contributed by atoms with E-state index in [1.54, 1.807) is 6.92 Å². The van der Waals surface area contributed by atoms with Gasteiger partial charge in [0.2, 0.25) is 0 Å². The molecule has 0 aromatic carbocycles. The third-order valence-corrected chi connectivity index (χ3v) is 9.35. The van der Waals surface area contributed by atoms with Gasteiger partial charge in [0.25, 0.3) is 0 Å². The van der Waals surface area contributed by atoms with E-state index in [2.05, 4.69) is 27.3 Å². The predicted octanol–water partition coefficient (Wildman–Crippen LogP) is 1.89. The van der Waals surface area contributed by atoms with Gasteiger partial charge in [-0.25, -0.2) is 0 Å². The zero-order chi connectivity index (χ0) is 14.1. The number of rotatable bonds is 3. The van der Waals surface area contributed by atoms with E-state index in [1.807, 2.05) is 19.1 Å². The molecule has 3 nitrogen and oxygen atoms in total. The highest BCUT2D eigenvalue weighted by atomic mass is 28.3. The van der Waals surface area contributed by atoms with Crippen molar-refractivity contribution in [2.45, 2.75) is 69.9 Å². The number of carbonyl (C=O) groups excluding carboxylic acids is 1. The molecule has 18 heavy (non-hydrogen) atoms. The Bertz CT molecular complexity index is 345. The minimum Gasteiger partial charge on any atom is -0.550 e. The van der Waals surface area contributed by atoms with E-state index in [1.165, 1.54) is 0 Å². The van der Waals surface area contributed by atoms with Crippen LogP contribution in [0, 0.1) is 0 Å². The molecule has 0 saturated carbocycles. The Labute approximate surface area is 112 Å². The summed E-state index contributed by atoms with van der Waals surface area (Å²) in [4.78, 5) is 11.7. The monoisotopic (exact) mass is 269 g/mol. The summed E-state index contributed by atoms with van der Waals surface area (Å²) in [6, 6.07) is 0. The molecule has 1 rings (SSSR count). The van der Waals surface area contributed by atoms with Crippen LogP contribution < -0.4 is 5.11 Å². The van der Waals surface area contributed by atoms with Crippen LogP contribution in [0.5, 0.6) is 0 Å². The van der Waals surface area contributed by atoms with Crippen molar-refractivity contribution in [3.8, 4) is 0 Å². The van der Waals surface area contributed by atoms with Crippen molar-refractivity contribution in [3.05, 3.63) is 12.2 Å². The van der Waals surface area contributed by atoms with Crippen molar-refractivity contribution < 1.29 is 14.6 Å². The van der Waals surface area contributed by atoms with Gasteiger partial charge in [0.1, 0.15) is 0 Å². The fourth-order valence-electron chi connectivity index (χ4n) is 2.53. The maximum Gasteiger partial charge on any atom is 0.0837 e. The zero-order valence-electron chi connectivity index (χ0n) is 12.3. The number of hydrogen-bond donors (Lipinski definition) is 0. The van der Waals surface area contributed by atoms with Crippen LogP contribution in [0.4, 0.5) is 0 Å². The molecule has 0 aromatic rings. The maximum atomic E-state index is 11.7. The Kier molecular flexibility index (Phi) is 4.44. The fourth-order valence-corrected chi connectivity index (χ4v) is 5.36. The van der Waals surface area contributed by atoms with Gasteiger partial charge >= 0.3 is 0 Å². The number of aliphatic carboxylic acids is 1. The molecule has 0 amide bonds. The van der Waals surface area contributed by atoms with Gasteiger partial charge in [-0.1, -0.05) is 46.4 Å². The van der Waals surface area contributed by atoms with E-state index >= 15 is 0 Å². The van der Waals surface area contributed by atoms with E-state index in [0.29, 0.717) is 0 Å². The van der Waals surface area contributed by atoms with E-state index in [9.17, 15) is 9.90 Å². The lowest BCUT2D eigenvalue weighted by Crippen LogP contribution is -2.54. The molecular weight excluding hydrogens is 244 g/mol. The second-order valence-electron chi connectivity index (χ2n) is 6.69. The molecule has 1 heterocycles. The number of ether oxygens (including phenoxy) is 1. The average molecular weight is 269 g/mol. The van der Waals surface area contributed by atoms with Crippen LogP contribution in [0.1, 0.15) is 41.0 Å². The van der Waals surface area contributed by atoms with Gasteiger partial charge in [-0.05, 0) is 18.4 Å². The van der Waals surface area contributed by atoms with Crippen molar-refractivity contribution in [3.63, 3.8) is 0 Å². The van der Waals surface area contributed by atoms with Gasteiger partial charge < -0.3 is 14.6 Å². The number of carbonyl (C=O) groups is 1. The number of carboxylic acid groups (broad SMARTS) is 1. The summed E-state index contributed by atoms with van der Waals surface area (Å²) in [5.74, 6) is -0.972. The molecule has 0 bridgehead atoms. The minimum absolute atomic E-state index is 0.0205. The molecule has 4 heteroatoms. The standard InChI is InChI=1S/C14H26O3Si/c1-10-8-7-9-11(17-10)14(5,12(15)16)18(6)13(2,3)4/h7,9-11,18H,8H2,1-6H3,(H,15,16)/p-1/t10-,11+,14?,18?/m1/s1. The lowest BCUT2D eigenvalue weighted by Gasteiger charge is -2.47. The first-order valence-electron chi connectivity index (χ1n) is 6.63. The van der Waals surface area contributed by atoms with Crippen LogP contribution in [0.2, 0.25) is 16.6 Å². The molecule has 1 aliphatic heterocycles. The first kappa shape index (κ1) is 15.4. The smallest absolute Gasteiger partial charge is 0.0837 e. The lowest BCUT2D eigenvalue weighted by molar-refractivity contribution is -0.312. The maximum absolute atomic E-state index is 11.7. The predicted molar refractivity (Wildman–Crippen MR) is 74.2 cm³/mol. The first-order valence-corrected chi connectivity index (χ1v) is 8.94. The van der Waals surface area contributed by atoms with Crippen molar-refractivity contribution in [2.24, 2.45) is 0 Å². The molecule has 0 fully saturated rings. The molecule has 0 saturated heterocycles. The van der Waals surface area contributed by atoms with Crippen molar-refractivity contribution in [2.75, 3.05) is 0 Å². The molecule has 0 N–H and O–H groups in total. The Morgan fingerprint density at radius 2 is 1.94 bits per heavy atom. The SMILES string of the molecule is C[C@@H]1CC=C[C@@H](C(C)(C(=O)[O-])[SiH](C)C(C)(C)C)O1. The fraction of sp³-hybridized carbons (Fsp3) is 0.786. The first-order chi connectivity index (χ1) is 8.10. The van der Waals surface area contributed by atoms with Crippen LogP contribution in [0.3, 0.4) is 0 Å². The topological polar surface area (TPSA) is 49.4 Å². The van der Waals surface area contributed by atoms with Gasteiger partial charge in [-0.15, -0.1) is 0 Å². The van der Waals surface area contributed by atoms with Crippen LogP contribution in [-0.2, 0) is 9.53 Å². The molecule has 0 radical (unpaired) electrons. The van der Waals surface area contributed by atoms with Gasteiger partial charge in [0, 0.05) is 11.0 Å². The lowest BCUT2D eigenvalue weighted by atomic mass is 9.99. The Morgan fingerprint density at radius 3 is 2.33 bits per heavy atom. The number of hydrogen-bond acceptors (Lipinski definition) is 3. The molecular formula is C14H25O3Si-. The van der Waals surface area contributed by atoms with E-state index in [0.717, 1.165) is 6.42 Å². The van der Waals surface area contributed by atoms with Gasteiger partial charge in [-0.3, -0.25) is 0 Å². The van der Waals surface area contributed by atoms with Crippen molar-refractivity contribution in [1.82, 2.24) is 0 Å². The molecule has 1 aliphatic rings. The largest absolute Gasteiger partial charge is 0.550 e. The highest BCUT2D eigenvalue weighted by Crippen LogP contribution is 2.47. The summed E-state index contributed by atoms with van der Waals surface area (Å²) in [6.07, 6.45) is 4.52. The summed E-state index contributed by atoms with van der Waals surface area (Å²) in [7, 11) is -1.62. The van der Waals surface area contributed by atoms with Crippen LogP contribution in [0.15, 0.2) is 12.2 Å². The highest BCUT2D eigenvalue weighted by Gasteiger charge is 2.46. The summed E-state index contributed by atoms with van der Waals surface area (Å²) >= 11 is 0. The summed E-state index contributed by atoms with van der Waals surface area (Å²) in [5, 5.41) is 10.9. The summed E-state index contributed by atoms with van der Waals surface area (Å²) in [6.45, 7) is 12.2. The second-order valence-corrected chi connectivity index (χ2v) is 11.1. The third-order valence-electron chi connectivity index (χ3n) is 4.39. The van der Waals surface area contributed by atoms with Crippen LogP contribution >= 0.6 is 0 Å².